The van der Waals surface area contributed by atoms with Gasteiger partial charge in [0, 0.05) is 49.5 Å². The van der Waals surface area contributed by atoms with Gasteiger partial charge in [-0.2, -0.15) is 13.2 Å². The molecule has 11 heteroatoms. The van der Waals surface area contributed by atoms with Gasteiger partial charge < -0.3 is 9.88 Å². The third kappa shape index (κ3) is 6.70. The highest BCUT2D eigenvalue weighted by molar-refractivity contribution is 7.92. The Morgan fingerprint density at radius 1 is 1.05 bits per heavy atom. The summed E-state index contributed by atoms with van der Waals surface area (Å²) in [5.41, 5.74) is -1.22. The lowest BCUT2D eigenvalue weighted by atomic mass is 10.0. The Labute approximate surface area is 228 Å². The molecule has 1 saturated heterocycles. The molecule has 0 bridgehead atoms. The number of hydrogen-bond acceptors (Lipinski definition) is 5. The normalized spacial score (nSPS) is 15.0. The number of carbonyl (C=O) groups excluding carboxylic acids is 1. The standard InChI is InChI=1S/C26H29F3N4O3S.C2H6/c1-17-6-4-5-7-24(17)33(19(3)34)21-12-14-32(15-13-21)16-23-18(2)30-25(31-23)20-8-10-22(11-9-20)37(35,36)26(27,28)29;1-2/h4-11,21H,12-16H2,1-3H3,(H,30,31);1-2H3. The number of H-pyrrole nitrogens is 1. The van der Waals surface area contributed by atoms with Crippen LogP contribution in [0.2, 0.25) is 0 Å². The van der Waals surface area contributed by atoms with Gasteiger partial charge in [-0.1, -0.05) is 32.0 Å². The number of nitrogens with zero attached hydrogens (tertiary/aromatic N) is 3. The predicted molar refractivity (Wildman–Crippen MR) is 146 cm³/mol. The summed E-state index contributed by atoms with van der Waals surface area (Å²) in [6, 6.07) is 12.5. The van der Waals surface area contributed by atoms with Gasteiger partial charge in [0.05, 0.1) is 10.6 Å². The van der Waals surface area contributed by atoms with E-state index < -0.39 is 20.2 Å². The highest BCUT2D eigenvalue weighted by Gasteiger charge is 2.46. The highest BCUT2D eigenvalue weighted by atomic mass is 32.2. The third-order valence-electron chi connectivity index (χ3n) is 6.74. The minimum atomic E-state index is -5.40. The maximum absolute atomic E-state index is 12.8. The fraction of sp³-hybridized carbons (Fsp3) is 0.429. The minimum absolute atomic E-state index is 0.0228. The predicted octanol–water partition coefficient (Wildman–Crippen LogP) is 6.03. The van der Waals surface area contributed by atoms with Crippen LogP contribution in [0.15, 0.2) is 53.4 Å². The van der Waals surface area contributed by atoms with Gasteiger partial charge in [-0.15, -0.1) is 0 Å². The summed E-state index contributed by atoms with van der Waals surface area (Å²) in [6.07, 6.45) is 1.64. The van der Waals surface area contributed by atoms with Gasteiger partial charge in [0.1, 0.15) is 5.82 Å². The molecule has 4 rings (SSSR count). The maximum Gasteiger partial charge on any atom is 0.501 e. The Bertz CT molecular complexity index is 1380. The van der Waals surface area contributed by atoms with E-state index in [-0.39, 0.29) is 11.9 Å². The summed E-state index contributed by atoms with van der Waals surface area (Å²) in [7, 11) is -5.40. The van der Waals surface area contributed by atoms with Gasteiger partial charge in [-0.05, 0) is 62.6 Å². The van der Waals surface area contributed by atoms with Crippen LogP contribution in [0.1, 0.15) is 50.6 Å². The Hall–Kier alpha value is -3.18. The molecule has 1 amide bonds. The number of sulfone groups is 1. The second-order valence-electron chi connectivity index (χ2n) is 9.31. The molecular formula is C28H35F3N4O3S. The van der Waals surface area contributed by atoms with Crippen LogP contribution in [0.4, 0.5) is 18.9 Å². The summed E-state index contributed by atoms with van der Waals surface area (Å²) in [4.78, 5) is 23.6. The van der Waals surface area contributed by atoms with E-state index in [0.717, 1.165) is 60.7 Å². The molecule has 212 valence electrons. The number of benzene rings is 2. The summed E-state index contributed by atoms with van der Waals surface area (Å²) >= 11 is 0. The van der Waals surface area contributed by atoms with Crippen LogP contribution in [0.5, 0.6) is 0 Å². The van der Waals surface area contributed by atoms with Crippen LogP contribution in [0.25, 0.3) is 11.4 Å². The molecule has 0 aliphatic carbocycles. The van der Waals surface area contributed by atoms with Crippen molar-refractivity contribution in [2.75, 3.05) is 18.0 Å². The first-order valence-corrected chi connectivity index (χ1v) is 14.4. The number of alkyl halides is 3. The molecule has 0 saturated carbocycles. The van der Waals surface area contributed by atoms with Gasteiger partial charge in [0.25, 0.3) is 9.84 Å². The maximum atomic E-state index is 12.8. The molecule has 1 N–H and O–H groups in total. The monoisotopic (exact) mass is 564 g/mol. The van der Waals surface area contributed by atoms with Crippen molar-refractivity contribution in [2.24, 2.45) is 0 Å². The number of para-hydroxylation sites is 1. The molecule has 0 atom stereocenters. The summed E-state index contributed by atoms with van der Waals surface area (Å²) in [6.45, 7) is 11.6. The molecule has 1 aromatic heterocycles. The number of aromatic nitrogens is 2. The van der Waals surface area contributed by atoms with E-state index in [0.29, 0.717) is 17.9 Å². The summed E-state index contributed by atoms with van der Waals surface area (Å²) < 4.78 is 61.6. The minimum Gasteiger partial charge on any atom is -0.342 e. The quantitative estimate of drug-likeness (QED) is 0.395. The van der Waals surface area contributed by atoms with E-state index in [1.165, 1.54) is 12.1 Å². The molecule has 1 aliphatic heterocycles. The van der Waals surface area contributed by atoms with Crippen molar-refractivity contribution in [2.45, 2.75) is 70.5 Å². The van der Waals surface area contributed by atoms with Crippen molar-refractivity contribution >= 4 is 21.4 Å². The first kappa shape index (κ1) is 30.4. The zero-order chi connectivity index (χ0) is 29.0. The third-order valence-corrected chi connectivity index (χ3v) is 8.24. The lowest BCUT2D eigenvalue weighted by molar-refractivity contribution is -0.117. The molecule has 7 nitrogen and oxygen atoms in total. The smallest absolute Gasteiger partial charge is 0.342 e. The zero-order valence-corrected chi connectivity index (χ0v) is 23.7. The number of piperidine rings is 1. The average Bonchev–Trinajstić information content (AvgIpc) is 3.26. The van der Waals surface area contributed by atoms with Gasteiger partial charge in [-0.3, -0.25) is 9.69 Å². The lowest BCUT2D eigenvalue weighted by Gasteiger charge is -2.38. The van der Waals surface area contributed by atoms with Crippen molar-refractivity contribution < 1.29 is 26.4 Å². The van der Waals surface area contributed by atoms with Crippen molar-refractivity contribution in [1.29, 1.82) is 0 Å². The number of likely N-dealkylation sites (tertiary alicyclic amines) is 1. The van der Waals surface area contributed by atoms with Gasteiger partial charge in [0.2, 0.25) is 5.91 Å². The molecule has 0 unspecified atom stereocenters. The molecular weight excluding hydrogens is 529 g/mol. The van der Waals surface area contributed by atoms with Gasteiger partial charge in [0.15, 0.2) is 0 Å². The fourth-order valence-corrected chi connectivity index (χ4v) is 5.48. The van der Waals surface area contributed by atoms with Crippen LogP contribution >= 0.6 is 0 Å². The Balaban J connectivity index is 0.00000205. The number of aromatic amines is 1. The van der Waals surface area contributed by atoms with Crippen LogP contribution in [-0.2, 0) is 21.2 Å². The van der Waals surface area contributed by atoms with E-state index in [2.05, 4.69) is 14.9 Å². The Morgan fingerprint density at radius 3 is 2.18 bits per heavy atom. The van der Waals surface area contributed by atoms with Crippen LogP contribution in [-0.4, -0.2) is 53.8 Å². The molecule has 1 fully saturated rings. The number of amides is 1. The van der Waals surface area contributed by atoms with Crippen molar-refractivity contribution in [1.82, 2.24) is 14.9 Å². The van der Waals surface area contributed by atoms with Gasteiger partial charge in [-0.25, -0.2) is 13.4 Å². The van der Waals surface area contributed by atoms with Crippen molar-refractivity contribution in [3.05, 3.63) is 65.5 Å². The molecule has 3 aromatic rings. The van der Waals surface area contributed by atoms with E-state index >= 15 is 0 Å². The average molecular weight is 565 g/mol. The van der Waals surface area contributed by atoms with Crippen LogP contribution in [0, 0.1) is 13.8 Å². The molecule has 39 heavy (non-hydrogen) atoms. The number of nitrogens with one attached hydrogen (secondary N) is 1. The first-order chi connectivity index (χ1) is 18.4. The summed E-state index contributed by atoms with van der Waals surface area (Å²) in [5.74, 6) is 0.482. The number of imidazole rings is 1. The Morgan fingerprint density at radius 2 is 1.64 bits per heavy atom. The molecule has 1 aliphatic rings. The molecule has 0 radical (unpaired) electrons. The number of aryl methyl sites for hydroxylation is 2. The second-order valence-corrected chi connectivity index (χ2v) is 11.3. The number of anilines is 1. The molecule has 2 heterocycles. The van der Waals surface area contributed by atoms with E-state index in [4.69, 9.17) is 0 Å². The first-order valence-electron chi connectivity index (χ1n) is 12.9. The lowest BCUT2D eigenvalue weighted by Crippen LogP contribution is -2.47. The SMILES string of the molecule is CC.CC(=O)N(c1ccccc1C)C1CCN(Cc2nc(-c3ccc(S(=O)(=O)C(F)(F)F)cc3)[nH]c2C)CC1. The Kier molecular flexibility index (Phi) is 9.60. The van der Waals surface area contributed by atoms with Crippen molar-refractivity contribution in [3.63, 3.8) is 0 Å². The number of hydrogen-bond donors (Lipinski definition) is 1. The zero-order valence-electron chi connectivity index (χ0n) is 22.8. The van der Waals surface area contributed by atoms with E-state index in [1.54, 1.807) is 6.92 Å². The number of carbonyl (C=O) groups is 1. The summed E-state index contributed by atoms with van der Waals surface area (Å²) in [5, 5.41) is 0. The molecule has 0 spiro atoms. The van der Waals surface area contributed by atoms with E-state index in [9.17, 15) is 26.4 Å². The number of rotatable bonds is 6. The fourth-order valence-electron chi connectivity index (χ4n) is 4.72. The van der Waals surface area contributed by atoms with Crippen LogP contribution in [0.3, 0.4) is 0 Å². The van der Waals surface area contributed by atoms with Crippen molar-refractivity contribution in [3.8, 4) is 11.4 Å². The highest BCUT2D eigenvalue weighted by Crippen LogP contribution is 2.32. The van der Waals surface area contributed by atoms with Crippen LogP contribution < -0.4 is 4.90 Å². The number of halogens is 3. The topological polar surface area (TPSA) is 86.4 Å². The second kappa shape index (κ2) is 12.3. The largest absolute Gasteiger partial charge is 0.501 e. The van der Waals surface area contributed by atoms with Gasteiger partial charge >= 0.3 is 5.51 Å². The molecule has 2 aromatic carbocycles. The van der Waals surface area contributed by atoms with E-state index in [1.807, 2.05) is 56.9 Å².